The van der Waals surface area contributed by atoms with Crippen LogP contribution in [0.5, 0.6) is 0 Å². The number of amides is 1. The fourth-order valence-corrected chi connectivity index (χ4v) is 7.84. The molecule has 4 aromatic carbocycles. The Morgan fingerprint density at radius 2 is 1.25 bits per heavy atom. The van der Waals surface area contributed by atoms with Crippen LogP contribution in [0.3, 0.4) is 0 Å². The summed E-state index contributed by atoms with van der Waals surface area (Å²) in [7, 11) is 1.16. The number of ether oxygens (including phenoxy) is 1. The third-order valence-corrected chi connectivity index (χ3v) is 10.7. The van der Waals surface area contributed by atoms with E-state index in [1.165, 1.54) is 36.0 Å². The van der Waals surface area contributed by atoms with Crippen LogP contribution in [0.4, 0.5) is 17.6 Å². The first-order valence-electron chi connectivity index (χ1n) is 16.2. The number of benzene rings is 4. The number of thioether (sulfide) groups is 1. The van der Waals surface area contributed by atoms with E-state index in [0.29, 0.717) is 4.47 Å². The van der Waals surface area contributed by atoms with E-state index in [2.05, 4.69) is 54.3 Å². The lowest BCUT2D eigenvalue weighted by Gasteiger charge is -2.38. The average Bonchev–Trinajstić information content (AvgIpc) is 3.13. The van der Waals surface area contributed by atoms with Gasteiger partial charge in [0.2, 0.25) is 11.4 Å². The highest BCUT2D eigenvalue weighted by atomic mass is 79.9. The standard InChI is InChI=1S/C40H38Br2F4N2O3S/c1-37(2,43)26-33(48-38(24-13-25-41,40(44,45)46)28-20-22-32(42)23-21-28)35(49)47-34(36(50)51-3)27-52-39(29-14-7-4-8-15-29,30-16-9-5-10-17-30)31-18-11-6-12-19-31/h4-12,14-23,33-34,48H,25-27H2,1-3H3,(H,47,49)/t33-,34-,38-/m0/s1. The summed E-state index contributed by atoms with van der Waals surface area (Å²) in [6.07, 6.45) is -5.74. The second-order valence-electron chi connectivity index (χ2n) is 12.5. The van der Waals surface area contributed by atoms with Gasteiger partial charge in [-0.15, -0.1) is 11.8 Å². The van der Waals surface area contributed by atoms with Crippen molar-refractivity contribution >= 4 is 55.5 Å². The lowest BCUT2D eigenvalue weighted by Crippen LogP contribution is -2.62. The van der Waals surface area contributed by atoms with Crippen LogP contribution in [-0.4, -0.2) is 54.0 Å². The fraction of sp³-hybridized carbons (Fsp3) is 0.300. The van der Waals surface area contributed by atoms with E-state index in [1.807, 2.05) is 91.0 Å². The van der Waals surface area contributed by atoms with Gasteiger partial charge in [0.05, 0.1) is 23.2 Å². The molecule has 0 radical (unpaired) electrons. The van der Waals surface area contributed by atoms with Gasteiger partial charge in [0, 0.05) is 16.6 Å². The van der Waals surface area contributed by atoms with Crippen LogP contribution in [0.25, 0.3) is 0 Å². The first-order valence-corrected chi connectivity index (χ1v) is 19.1. The lowest BCUT2D eigenvalue weighted by molar-refractivity contribution is -0.185. The van der Waals surface area contributed by atoms with Crippen LogP contribution in [0.1, 0.15) is 42.5 Å². The number of hydrogen-bond donors (Lipinski definition) is 2. The van der Waals surface area contributed by atoms with Crippen LogP contribution < -0.4 is 10.6 Å². The van der Waals surface area contributed by atoms with E-state index >= 15 is 17.6 Å². The molecule has 0 saturated heterocycles. The quantitative estimate of drug-likeness (QED) is 0.0436. The first-order chi connectivity index (χ1) is 24.7. The lowest BCUT2D eigenvalue weighted by atomic mass is 9.84. The topological polar surface area (TPSA) is 67.4 Å². The number of carbonyl (C=O) groups is 2. The molecule has 0 spiro atoms. The minimum absolute atomic E-state index is 0.0661. The second kappa shape index (κ2) is 17.9. The number of halogens is 6. The van der Waals surface area contributed by atoms with Gasteiger partial charge in [-0.25, -0.2) is 9.18 Å². The van der Waals surface area contributed by atoms with Gasteiger partial charge in [-0.3, -0.25) is 10.1 Å². The normalized spacial score (nSPS) is 14.2. The van der Waals surface area contributed by atoms with Crippen LogP contribution >= 0.6 is 43.6 Å². The zero-order valence-electron chi connectivity index (χ0n) is 28.6. The number of rotatable bonds is 14. The molecule has 0 fully saturated rings. The third-order valence-electron chi connectivity index (χ3n) is 8.25. The Bertz CT molecular complexity index is 1740. The summed E-state index contributed by atoms with van der Waals surface area (Å²) in [5, 5.41) is 4.92. The van der Waals surface area contributed by atoms with E-state index in [0.717, 1.165) is 37.6 Å². The second-order valence-corrected chi connectivity index (χ2v) is 15.2. The van der Waals surface area contributed by atoms with Crippen LogP contribution in [0.15, 0.2) is 120 Å². The molecular weight excluding hydrogens is 824 g/mol. The molecule has 0 heterocycles. The van der Waals surface area contributed by atoms with Crippen molar-refractivity contribution in [2.24, 2.45) is 0 Å². The maximum atomic E-state index is 15.4. The van der Waals surface area contributed by atoms with Crippen molar-refractivity contribution in [2.45, 2.75) is 54.5 Å². The molecule has 0 aromatic heterocycles. The minimum Gasteiger partial charge on any atom is -0.467 e. The van der Waals surface area contributed by atoms with E-state index in [-0.39, 0.29) is 16.6 Å². The molecule has 0 aliphatic heterocycles. The maximum Gasteiger partial charge on any atom is 0.422 e. The molecule has 1 amide bonds. The smallest absolute Gasteiger partial charge is 0.422 e. The van der Waals surface area contributed by atoms with Gasteiger partial charge < -0.3 is 10.1 Å². The van der Waals surface area contributed by atoms with Crippen molar-refractivity contribution < 1.29 is 31.9 Å². The molecule has 274 valence electrons. The molecule has 5 nitrogen and oxygen atoms in total. The molecule has 4 aromatic rings. The highest BCUT2D eigenvalue weighted by Crippen LogP contribution is 2.48. The highest BCUT2D eigenvalue weighted by Gasteiger charge is 2.57. The van der Waals surface area contributed by atoms with Crippen LogP contribution in [-0.2, 0) is 24.6 Å². The van der Waals surface area contributed by atoms with E-state index < -0.39 is 52.5 Å². The number of alkyl halides is 5. The molecule has 3 atom stereocenters. The molecule has 2 N–H and O–H groups in total. The van der Waals surface area contributed by atoms with Crippen molar-refractivity contribution in [1.82, 2.24) is 10.6 Å². The molecule has 52 heavy (non-hydrogen) atoms. The Labute approximate surface area is 322 Å². The molecule has 0 bridgehead atoms. The highest BCUT2D eigenvalue weighted by molar-refractivity contribution is 9.10. The van der Waals surface area contributed by atoms with Crippen molar-refractivity contribution in [3.05, 3.63) is 142 Å². The molecule has 0 aliphatic rings. The van der Waals surface area contributed by atoms with Crippen molar-refractivity contribution in [3.8, 4) is 11.8 Å². The summed E-state index contributed by atoms with van der Waals surface area (Å²) < 4.78 is 65.8. The third kappa shape index (κ3) is 9.86. The monoisotopic (exact) mass is 860 g/mol. The van der Waals surface area contributed by atoms with Gasteiger partial charge in [0.25, 0.3) is 0 Å². The summed E-state index contributed by atoms with van der Waals surface area (Å²) in [6.45, 7) is 2.32. The molecular formula is C40H38Br2F4N2O3S. The zero-order chi connectivity index (χ0) is 38.0. The Morgan fingerprint density at radius 3 is 1.65 bits per heavy atom. The van der Waals surface area contributed by atoms with E-state index in [9.17, 15) is 9.59 Å². The van der Waals surface area contributed by atoms with Gasteiger partial charge in [0.15, 0.2) is 0 Å². The SMILES string of the molecule is COC(=O)[C@H](CSC(c1ccccc1)(c1ccccc1)c1ccccc1)NC(=O)[C@H](CC(C)(C)F)N[C@@](C#CCBr)(c1ccc(Br)cc1)C(F)(F)F. The van der Waals surface area contributed by atoms with Gasteiger partial charge in [-0.05, 0) is 48.2 Å². The Morgan fingerprint density at radius 1 is 0.769 bits per heavy atom. The molecule has 0 unspecified atom stereocenters. The Hall–Kier alpha value is -3.63. The van der Waals surface area contributed by atoms with Crippen LogP contribution in [0, 0.1) is 11.8 Å². The predicted molar refractivity (Wildman–Crippen MR) is 206 cm³/mol. The number of esters is 1. The van der Waals surface area contributed by atoms with Gasteiger partial charge >= 0.3 is 12.1 Å². The summed E-state index contributed by atoms with van der Waals surface area (Å²) in [6, 6.07) is 31.1. The zero-order valence-corrected chi connectivity index (χ0v) is 32.6. The number of hydrogen-bond acceptors (Lipinski definition) is 5. The van der Waals surface area contributed by atoms with E-state index in [4.69, 9.17) is 4.74 Å². The van der Waals surface area contributed by atoms with E-state index in [1.54, 1.807) is 0 Å². The number of methoxy groups -OCH3 is 1. The largest absolute Gasteiger partial charge is 0.467 e. The van der Waals surface area contributed by atoms with Crippen LogP contribution in [0.2, 0.25) is 0 Å². The predicted octanol–water partition coefficient (Wildman–Crippen LogP) is 9.08. The van der Waals surface area contributed by atoms with Gasteiger partial charge in [-0.1, -0.05) is 147 Å². The molecule has 0 saturated carbocycles. The summed E-state index contributed by atoms with van der Waals surface area (Å²) >= 11 is 7.66. The molecule has 12 heteroatoms. The first kappa shape index (κ1) is 41.1. The fourth-order valence-electron chi connectivity index (χ4n) is 5.89. The van der Waals surface area contributed by atoms with Gasteiger partial charge in [-0.2, -0.15) is 13.2 Å². The average molecular weight is 863 g/mol. The minimum atomic E-state index is -5.06. The summed E-state index contributed by atoms with van der Waals surface area (Å²) in [5.74, 6) is 2.79. The summed E-state index contributed by atoms with van der Waals surface area (Å²) in [5.41, 5.74) is -2.81. The molecule has 0 aliphatic carbocycles. The van der Waals surface area contributed by atoms with Crippen molar-refractivity contribution in [2.75, 3.05) is 18.2 Å². The summed E-state index contributed by atoms with van der Waals surface area (Å²) in [4.78, 5) is 27.5. The number of carbonyl (C=O) groups excluding carboxylic acids is 2. The van der Waals surface area contributed by atoms with Crippen molar-refractivity contribution in [1.29, 1.82) is 0 Å². The molecule has 4 rings (SSSR count). The van der Waals surface area contributed by atoms with Gasteiger partial charge in [0.1, 0.15) is 11.7 Å². The number of nitrogens with one attached hydrogen (secondary N) is 2. The maximum absolute atomic E-state index is 15.4. The Balaban J connectivity index is 1.78. The Kier molecular flexibility index (Phi) is 14.2. The van der Waals surface area contributed by atoms with Crippen molar-refractivity contribution in [3.63, 3.8) is 0 Å².